The summed E-state index contributed by atoms with van der Waals surface area (Å²) in [5.41, 5.74) is 4.44. The lowest BCUT2D eigenvalue weighted by atomic mass is 9.79. The number of aromatic nitrogens is 7. The third kappa shape index (κ3) is 3.65. The molecule has 5 aromatic rings. The van der Waals surface area contributed by atoms with Crippen molar-refractivity contribution in [2.24, 2.45) is 0 Å². The smallest absolute Gasteiger partial charge is 0.306 e. The summed E-state index contributed by atoms with van der Waals surface area (Å²) in [6.45, 7) is 4.30. The Morgan fingerprint density at radius 2 is 1.91 bits per heavy atom. The molecule has 0 spiro atoms. The summed E-state index contributed by atoms with van der Waals surface area (Å²) in [6.07, 6.45) is 4.74. The number of nitrogens with zero attached hydrogens (tertiary/aromatic N) is 6. The Morgan fingerprint density at radius 3 is 2.66 bits per heavy atom. The fraction of sp³-hybridized carbons (Fsp3) is 0.269. The van der Waals surface area contributed by atoms with Crippen LogP contribution in [0.4, 0.5) is 0 Å². The molecule has 1 saturated carbocycles. The molecule has 6 rings (SSSR count). The van der Waals surface area contributed by atoms with Crippen molar-refractivity contribution in [3.63, 3.8) is 0 Å². The van der Waals surface area contributed by atoms with E-state index in [1.165, 1.54) is 11.9 Å². The normalized spacial score (nSPS) is 17.7. The van der Waals surface area contributed by atoms with E-state index < -0.39 is 0 Å². The van der Waals surface area contributed by atoms with E-state index in [0.29, 0.717) is 22.5 Å². The monoisotopic (exact) mass is 485 g/mol. The van der Waals surface area contributed by atoms with Gasteiger partial charge in [0, 0.05) is 18.2 Å². The highest BCUT2D eigenvalue weighted by atomic mass is 35.5. The maximum atomic E-state index is 12.9. The molecule has 2 aromatic carbocycles. The van der Waals surface area contributed by atoms with Gasteiger partial charge in [0.25, 0.3) is 0 Å². The molecule has 0 atom stereocenters. The quantitative estimate of drug-likeness (QED) is 0.366. The Kier molecular flexibility index (Phi) is 5.25. The van der Waals surface area contributed by atoms with Crippen LogP contribution in [-0.4, -0.2) is 34.3 Å². The third-order valence-corrected chi connectivity index (χ3v) is 7.16. The molecule has 1 fully saturated rings. The number of rotatable bonds is 5. The van der Waals surface area contributed by atoms with Gasteiger partial charge in [0.1, 0.15) is 17.8 Å². The van der Waals surface area contributed by atoms with E-state index in [0.717, 1.165) is 35.4 Å². The van der Waals surface area contributed by atoms with Crippen molar-refractivity contribution >= 4 is 22.6 Å². The van der Waals surface area contributed by atoms with Crippen LogP contribution in [0.1, 0.15) is 56.0 Å². The second-order valence-corrected chi connectivity index (χ2v) is 9.72. The molecular weight excluding hydrogens is 462 g/mol. The number of hydrogen-bond donors (Lipinski definition) is 1. The molecule has 3 heterocycles. The number of H-pyrrole nitrogens is 1. The minimum absolute atomic E-state index is 0.0707. The molecule has 0 saturated heterocycles. The van der Waals surface area contributed by atoms with E-state index in [9.17, 15) is 4.79 Å². The average Bonchev–Trinajstić information content (AvgIpc) is 3.40. The first-order chi connectivity index (χ1) is 17.0. The number of para-hydroxylation sites is 1. The third-order valence-electron chi connectivity index (χ3n) is 6.84. The number of hydrogen-bond acceptors (Lipinski definition) is 5. The summed E-state index contributed by atoms with van der Waals surface area (Å²) < 4.78 is 3.87. The molecule has 176 valence electrons. The molecule has 1 N–H and O–H groups in total. The molecular formula is C26H24ClN7O. The number of aromatic amines is 1. The zero-order chi connectivity index (χ0) is 24.1. The van der Waals surface area contributed by atoms with Crippen molar-refractivity contribution in [3.05, 3.63) is 87.9 Å². The van der Waals surface area contributed by atoms with Crippen LogP contribution >= 0.6 is 11.6 Å². The van der Waals surface area contributed by atoms with E-state index in [1.807, 2.05) is 39.5 Å². The summed E-state index contributed by atoms with van der Waals surface area (Å²) in [4.78, 5) is 24.3. The maximum absolute atomic E-state index is 12.9. The lowest BCUT2D eigenvalue weighted by Gasteiger charge is -2.35. The van der Waals surface area contributed by atoms with E-state index in [2.05, 4.69) is 57.2 Å². The molecule has 9 heteroatoms. The Bertz CT molecular complexity index is 1580. The molecule has 0 unspecified atom stereocenters. The molecule has 0 radical (unpaired) electrons. The first-order valence-electron chi connectivity index (χ1n) is 11.7. The zero-order valence-electron chi connectivity index (χ0n) is 19.4. The fourth-order valence-corrected chi connectivity index (χ4v) is 5.12. The molecule has 1 aliphatic carbocycles. The molecule has 0 aliphatic heterocycles. The highest BCUT2D eigenvalue weighted by Gasteiger charge is 2.38. The first kappa shape index (κ1) is 21.7. The number of halogens is 1. The average molecular weight is 486 g/mol. The number of imidazole rings is 1. The largest absolute Gasteiger partial charge is 0.326 e. The topological polar surface area (TPSA) is 94.3 Å². The van der Waals surface area contributed by atoms with Gasteiger partial charge >= 0.3 is 5.69 Å². The van der Waals surface area contributed by atoms with E-state index in [1.54, 1.807) is 6.20 Å². The van der Waals surface area contributed by atoms with Crippen LogP contribution in [0.25, 0.3) is 28.2 Å². The van der Waals surface area contributed by atoms with Gasteiger partial charge in [-0.3, -0.25) is 9.13 Å². The number of benzene rings is 2. The van der Waals surface area contributed by atoms with Crippen molar-refractivity contribution in [2.45, 2.75) is 44.6 Å². The van der Waals surface area contributed by atoms with Gasteiger partial charge in [0.15, 0.2) is 5.82 Å². The fourth-order valence-electron chi connectivity index (χ4n) is 4.90. The van der Waals surface area contributed by atoms with E-state index >= 15 is 0 Å². The van der Waals surface area contributed by atoms with Gasteiger partial charge in [0.05, 0.1) is 21.7 Å². The van der Waals surface area contributed by atoms with Crippen molar-refractivity contribution in [1.82, 2.24) is 34.3 Å². The second-order valence-electron chi connectivity index (χ2n) is 9.32. The van der Waals surface area contributed by atoms with Crippen molar-refractivity contribution in [1.29, 1.82) is 0 Å². The van der Waals surface area contributed by atoms with Crippen molar-refractivity contribution in [2.75, 3.05) is 0 Å². The summed E-state index contributed by atoms with van der Waals surface area (Å²) in [7, 11) is 0. The molecule has 0 bridgehead atoms. The highest BCUT2D eigenvalue weighted by molar-refractivity contribution is 6.32. The van der Waals surface area contributed by atoms with Crippen LogP contribution in [-0.2, 0) is 0 Å². The lowest BCUT2D eigenvalue weighted by Crippen LogP contribution is -2.32. The van der Waals surface area contributed by atoms with Crippen LogP contribution in [0, 0.1) is 0 Å². The molecule has 35 heavy (non-hydrogen) atoms. The van der Waals surface area contributed by atoms with Crippen LogP contribution in [0.15, 0.2) is 65.8 Å². The number of fused-ring (bicyclic) bond motifs is 1. The van der Waals surface area contributed by atoms with Crippen molar-refractivity contribution in [3.8, 4) is 17.2 Å². The molecule has 8 nitrogen and oxygen atoms in total. The van der Waals surface area contributed by atoms with Gasteiger partial charge in [-0.1, -0.05) is 43.6 Å². The standard InChI is InChI=1S/C26H24ClN7O/c1-15(2)16-7-8-23-21(13-16)30-26(35)33(23)18-11-17(12-18)24-31-32-25(20-9-10-28-14-29-20)34(24)22-6-4-3-5-19(22)27/h3-10,13-15,17-18H,11-12H2,1-2H3,(H,30,35)/t17-,18-. The van der Waals surface area contributed by atoms with Crippen LogP contribution in [0.2, 0.25) is 5.02 Å². The molecule has 3 aromatic heterocycles. The van der Waals surface area contributed by atoms with E-state index in [4.69, 9.17) is 11.6 Å². The summed E-state index contributed by atoms with van der Waals surface area (Å²) >= 11 is 6.59. The maximum Gasteiger partial charge on any atom is 0.326 e. The Hall–Kier alpha value is -3.78. The number of nitrogens with one attached hydrogen (secondary N) is 1. The lowest BCUT2D eigenvalue weighted by molar-refractivity contribution is 0.254. The van der Waals surface area contributed by atoms with Gasteiger partial charge in [-0.15, -0.1) is 10.2 Å². The Labute approximate surface area is 206 Å². The van der Waals surface area contributed by atoms with Crippen LogP contribution in [0.5, 0.6) is 0 Å². The second kappa shape index (κ2) is 8.46. The SMILES string of the molecule is CC(C)c1ccc2c(c1)[nH]c(=O)n2[C@H]1C[C@H](c2nnc(-c3ccncn3)n2-c2ccccc2Cl)C1. The summed E-state index contributed by atoms with van der Waals surface area (Å²) in [6, 6.07) is 15.8. The highest BCUT2D eigenvalue weighted by Crippen LogP contribution is 2.46. The van der Waals surface area contributed by atoms with E-state index in [-0.39, 0.29) is 17.6 Å². The predicted molar refractivity (Wildman–Crippen MR) is 135 cm³/mol. The first-order valence-corrected chi connectivity index (χ1v) is 12.1. The van der Waals surface area contributed by atoms with Crippen molar-refractivity contribution < 1.29 is 0 Å². The molecule has 0 amide bonds. The molecule has 1 aliphatic rings. The van der Waals surface area contributed by atoms with Gasteiger partial charge in [-0.2, -0.15) is 0 Å². The van der Waals surface area contributed by atoms with Gasteiger partial charge in [-0.05, 0) is 54.7 Å². The summed E-state index contributed by atoms with van der Waals surface area (Å²) in [5, 5.41) is 9.64. The zero-order valence-corrected chi connectivity index (χ0v) is 20.1. The van der Waals surface area contributed by atoms with Gasteiger partial charge in [-0.25, -0.2) is 14.8 Å². The van der Waals surface area contributed by atoms with Gasteiger partial charge < -0.3 is 4.98 Å². The summed E-state index contributed by atoms with van der Waals surface area (Å²) in [5.74, 6) is 1.97. The Balaban J connectivity index is 1.36. The predicted octanol–water partition coefficient (Wildman–Crippen LogP) is 5.26. The minimum Gasteiger partial charge on any atom is -0.306 e. The Morgan fingerprint density at radius 1 is 1.09 bits per heavy atom. The minimum atomic E-state index is -0.0707. The van der Waals surface area contributed by atoms with Crippen LogP contribution in [0.3, 0.4) is 0 Å². The van der Waals surface area contributed by atoms with Gasteiger partial charge in [0.2, 0.25) is 0 Å². The van der Waals surface area contributed by atoms with Crippen LogP contribution < -0.4 is 5.69 Å².